The van der Waals surface area contributed by atoms with Crippen molar-refractivity contribution in [2.24, 2.45) is 0 Å². The minimum atomic E-state index is -3.50. The van der Waals surface area contributed by atoms with E-state index in [9.17, 15) is 13.2 Å². The predicted molar refractivity (Wildman–Crippen MR) is 106 cm³/mol. The lowest BCUT2D eigenvalue weighted by Gasteiger charge is -2.20. The molecule has 0 radical (unpaired) electrons. The van der Waals surface area contributed by atoms with Crippen molar-refractivity contribution in [3.05, 3.63) is 58.6 Å². The van der Waals surface area contributed by atoms with Crippen LogP contribution < -0.4 is 5.32 Å². The zero-order chi connectivity index (χ0) is 18.6. The van der Waals surface area contributed by atoms with Gasteiger partial charge in [-0.3, -0.25) is 4.79 Å². The van der Waals surface area contributed by atoms with Crippen molar-refractivity contribution < 1.29 is 13.2 Å². The van der Waals surface area contributed by atoms with E-state index in [0.29, 0.717) is 24.3 Å². The van der Waals surface area contributed by atoms with Crippen molar-refractivity contribution in [2.45, 2.75) is 30.6 Å². The van der Waals surface area contributed by atoms with Crippen molar-refractivity contribution >= 4 is 37.5 Å². The fourth-order valence-electron chi connectivity index (χ4n) is 2.95. The molecule has 5 nitrogen and oxygen atoms in total. The van der Waals surface area contributed by atoms with Crippen LogP contribution in [0.15, 0.2) is 57.9 Å². The molecule has 0 atom stereocenters. The summed E-state index contributed by atoms with van der Waals surface area (Å²) in [5, 5.41) is 2.80. The van der Waals surface area contributed by atoms with E-state index in [2.05, 4.69) is 21.2 Å². The Labute approximate surface area is 162 Å². The Bertz CT molecular complexity index is 857. The molecule has 1 saturated heterocycles. The summed E-state index contributed by atoms with van der Waals surface area (Å²) >= 11 is 3.35. The maximum atomic E-state index is 12.8. The number of carbonyl (C=O) groups is 1. The van der Waals surface area contributed by atoms with Crippen molar-refractivity contribution in [3.8, 4) is 0 Å². The van der Waals surface area contributed by atoms with Crippen LogP contribution in [0.3, 0.4) is 0 Å². The van der Waals surface area contributed by atoms with E-state index in [0.717, 1.165) is 30.2 Å². The number of amides is 1. The Hall–Kier alpha value is -1.70. The van der Waals surface area contributed by atoms with Crippen LogP contribution in [0.5, 0.6) is 0 Å². The molecule has 1 amide bonds. The van der Waals surface area contributed by atoms with Crippen LogP contribution in [0, 0.1) is 0 Å². The largest absolute Gasteiger partial charge is 0.322 e. The van der Waals surface area contributed by atoms with Crippen LogP contribution >= 0.6 is 15.9 Å². The zero-order valence-electron chi connectivity index (χ0n) is 14.3. The van der Waals surface area contributed by atoms with Gasteiger partial charge in [-0.15, -0.1) is 0 Å². The molecule has 1 heterocycles. The zero-order valence-corrected chi connectivity index (χ0v) is 16.7. The van der Waals surface area contributed by atoms with Crippen LogP contribution in [-0.2, 0) is 10.0 Å². The number of carbonyl (C=O) groups excluding carboxylic acids is 1. The monoisotopic (exact) mass is 436 g/mol. The highest BCUT2D eigenvalue weighted by atomic mass is 79.9. The lowest BCUT2D eigenvalue weighted by molar-refractivity contribution is 0.102. The van der Waals surface area contributed by atoms with Crippen molar-refractivity contribution in [3.63, 3.8) is 0 Å². The SMILES string of the molecule is O=C(Nc1ccc(Br)cc1)c1ccc(S(=O)(=O)N2CCCCCC2)cc1. The number of sulfonamides is 1. The Kier molecular flexibility index (Phi) is 6.11. The molecule has 138 valence electrons. The number of nitrogens with one attached hydrogen (secondary N) is 1. The number of hydrogen-bond acceptors (Lipinski definition) is 3. The first-order valence-corrected chi connectivity index (χ1v) is 10.9. The van der Waals surface area contributed by atoms with Gasteiger partial charge in [0, 0.05) is 28.8 Å². The maximum Gasteiger partial charge on any atom is 0.255 e. The normalized spacial score (nSPS) is 16.0. The first-order valence-electron chi connectivity index (χ1n) is 8.64. The molecule has 2 aromatic rings. The molecule has 26 heavy (non-hydrogen) atoms. The summed E-state index contributed by atoms with van der Waals surface area (Å²) in [5.41, 5.74) is 1.10. The fraction of sp³-hybridized carbons (Fsp3) is 0.316. The third-order valence-electron chi connectivity index (χ3n) is 4.42. The van der Waals surface area contributed by atoms with Gasteiger partial charge in [-0.05, 0) is 61.4 Å². The molecule has 0 aliphatic carbocycles. The molecule has 7 heteroatoms. The van der Waals surface area contributed by atoms with Crippen molar-refractivity contribution in [1.82, 2.24) is 4.31 Å². The highest BCUT2D eigenvalue weighted by Crippen LogP contribution is 2.21. The van der Waals surface area contributed by atoms with Crippen LogP contribution in [-0.4, -0.2) is 31.7 Å². The van der Waals surface area contributed by atoms with E-state index in [1.54, 1.807) is 28.6 Å². The second kappa shape index (κ2) is 8.33. The Balaban J connectivity index is 1.72. The summed E-state index contributed by atoms with van der Waals surface area (Å²) < 4.78 is 28.0. The van der Waals surface area contributed by atoms with Crippen LogP contribution in [0.1, 0.15) is 36.0 Å². The van der Waals surface area contributed by atoms with E-state index >= 15 is 0 Å². The van der Waals surface area contributed by atoms with Gasteiger partial charge in [0.05, 0.1) is 4.90 Å². The topological polar surface area (TPSA) is 66.5 Å². The summed E-state index contributed by atoms with van der Waals surface area (Å²) in [5.74, 6) is -0.272. The average Bonchev–Trinajstić information content (AvgIpc) is 2.94. The van der Waals surface area contributed by atoms with Gasteiger partial charge in [0.2, 0.25) is 10.0 Å². The molecule has 0 saturated carbocycles. The number of hydrogen-bond donors (Lipinski definition) is 1. The molecule has 1 N–H and O–H groups in total. The van der Waals surface area contributed by atoms with E-state index in [4.69, 9.17) is 0 Å². The average molecular weight is 437 g/mol. The quantitative estimate of drug-likeness (QED) is 0.777. The second-order valence-corrected chi connectivity index (χ2v) is 9.16. The minimum absolute atomic E-state index is 0.236. The summed E-state index contributed by atoms with van der Waals surface area (Å²) in [7, 11) is -3.50. The first-order chi connectivity index (χ1) is 12.5. The number of rotatable bonds is 4. The van der Waals surface area contributed by atoms with Gasteiger partial charge in [-0.2, -0.15) is 4.31 Å². The highest BCUT2D eigenvalue weighted by Gasteiger charge is 2.25. The summed E-state index contributed by atoms with van der Waals surface area (Å²) in [6, 6.07) is 13.4. The number of benzene rings is 2. The predicted octanol–water partition coefficient (Wildman–Crippen LogP) is 4.27. The Morgan fingerprint density at radius 1 is 0.885 bits per heavy atom. The van der Waals surface area contributed by atoms with Gasteiger partial charge in [-0.25, -0.2) is 8.42 Å². The highest BCUT2D eigenvalue weighted by molar-refractivity contribution is 9.10. The number of nitrogens with zero attached hydrogens (tertiary/aromatic N) is 1. The molecule has 0 aromatic heterocycles. The van der Waals surface area contributed by atoms with Gasteiger partial charge in [0.1, 0.15) is 0 Å². The first kappa shape index (κ1) is 19.1. The van der Waals surface area contributed by atoms with Gasteiger partial charge in [0.15, 0.2) is 0 Å². The third kappa shape index (κ3) is 4.52. The Morgan fingerprint density at radius 2 is 1.46 bits per heavy atom. The lowest BCUT2D eigenvalue weighted by atomic mass is 10.2. The van der Waals surface area contributed by atoms with E-state index in [-0.39, 0.29) is 10.8 Å². The van der Waals surface area contributed by atoms with Crippen molar-refractivity contribution in [2.75, 3.05) is 18.4 Å². The molecular weight excluding hydrogens is 416 g/mol. The minimum Gasteiger partial charge on any atom is -0.322 e. The molecular formula is C19H21BrN2O3S. The van der Waals surface area contributed by atoms with Gasteiger partial charge < -0.3 is 5.32 Å². The standard InChI is InChI=1S/C19H21BrN2O3S/c20-16-7-9-17(10-8-16)21-19(23)15-5-11-18(12-6-15)26(24,25)22-13-3-1-2-4-14-22/h5-12H,1-4,13-14H2,(H,21,23). The molecule has 0 unspecified atom stereocenters. The van der Waals surface area contributed by atoms with Gasteiger partial charge in [0.25, 0.3) is 5.91 Å². The van der Waals surface area contributed by atoms with Crippen molar-refractivity contribution in [1.29, 1.82) is 0 Å². The van der Waals surface area contributed by atoms with E-state index in [1.807, 2.05) is 12.1 Å². The maximum absolute atomic E-state index is 12.8. The summed E-state index contributed by atoms with van der Waals surface area (Å²) in [6.45, 7) is 1.13. The second-order valence-electron chi connectivity index (χ2n) is 6.30. The van der Waals surface area contributed by atoms with Crippen LogP contribution in [0.2, 0.25) is 0 Å². The van der Waals surface area contributed by atoms with Crippen LogP contribution in [0.25, 0.3) is 0 Å². The van der Waals surface area contributed by atoms with E-state index in [1.165, 1.54) is 12.1 Å². The lowest BCUT2D eigenvalue weighted by Crippen LogP contribution is -2.31. The van der Waals surface area contributed by atoms with Gasteiger partial charge in [-0.1, -0.05) is 28.8 Å². The molecule has 1 aliphatic rings. The molecule has 2 aromatic carbocycles. The van der Waals surface area contributed by atoms with E-state index < -0.39 is 10.0 Å². The number of anilines is 1. The third-order valence-corrected chi connectivity index (χ3v) is 6.86. The summed E-state index contributed by atoms with van der Waals surface area (Å²) in [4.78, 5) is 12.6. The van der Waals surface area contributed by atoms with Crippen LogP contribution in [0.4, 0.5) is 5.69 Å². The Morgan fingerprint density at radius 3 is 2.04 bits per heavy atom. The smallest absolute Gasteiger partial charge is 0.255 e. The van der Waals surface area contributed by atoms with Gasteiger partial charge >= 0.3 is 0 Å². The fourth-order valence-corrected chi connectivity index (χ4v) is 4.73. The molecule has 0 bridgehead atoms. The molecule has 1 fully saturated rings. The molecule has 1 aliphatic heterocycles. The molecule has 3 rings (SSSR count). The molecule has 0 spiro atoms. The number of halogens is 1. The summed E-state index contributed by atoms with van der Waals surface area (Å²) in [6.07, 6.45) is 3.93.